The summed E-state index contributed by atoms with van der Waals surface area (Å²) >= 11 is 1.29. The first-order valence-electron chi connectivity index (χ1n) is 9.41. The largest absolute Gasteiger partial charge is 0.481 e. The van der Waals surface area contributed by atoms with Gasteiger partial charge in [0.25, 0.3) is 5.91 Å². The number of aliphatic carboxylic acids is 1. The third kappa shape index (κ3) is 4.74. The van der Waals surface area contributed by atoms with E-state index in [1.165, 1.54) is 11.3 Å². The fraction of sp³-hybridized carbons (Fsp3) is 0.318. The van der Waals surface area contributed by atoms with Crippen molar-refractivity contribution in [3.05, 3.63) is 63.5 Å². The van der Waals surface area contributed by atoms with Gasteiger partial charge in [0, 0.05) is 11.3 Å². The molecule has 1 aromatic carbocycles. The molecule has 0 radical (unpaired) electrons. The van der Waals surface area contributed by atoms with Crippen molar-refractivity contribution in [2.75, 3.05) is 5.32 Å². The number of allylic oxidation sites excluding steroid dienone is 2. The standard InChI is InChI=1S/C22H24N2O4S/c1-12-8-16(17(22(27)28)9-13(12)2)20(26)24-21-18(19(23)25)11-15(29-21)10-14-6-4-3-5-7-14/h3-7,11,16-17H,8-10H2,1-2H3,(H2,23,25)(H,24,26)(H,27,28)/t16-,17+/m1/s1. The molecule has 7 heteroatoms. The minimum absolute atomic E-state index is 0.250. The van der Waals surface area contributed by atoms with Gasteiger partial charge >= 0.3 is 5.97 Å². The number of amides is 2. The Labute approximate surface area is 173 Å². The molecule has 0 fully saturated rings. The number of hydrogen-bond acceptors (Lipinski definition) is 4. The van der Waals surface area contributed by atoms with Crippen LogP contribution in [0.25, 0.3) is 0 Å². The zero-order valence-corrected chi connectivity index (χ0v) is 17.2. The van der Waals surface area contributed by atoms with Gasteiger partial charge in [-0.2, -0.15) is 0 Å². The number of rotatable bonds is 6. The number of nitrogens with one attached hydrogen (secondary N) is 1. The second kappa shape index (κ2) is 8.61. The van der Waals surface area contributed by atoms with Crippen molar-refractivity contribution in [3.8, 4) is 0 Å². The molecule has 1 aromatic heterocycles. The molecule has 6 nitrogen and oxygen atoms in total. The predicted molar refractivity (Wildman–Crippen MR) is 113 cm³/mol. The summed E-state index contributed by atoms with van der Waals surface area (Å²) < 4.78 is 0. The van der Waals surface area contributed by atoms with Gasteiger partial charge in [-0.25, -0.2) is 0 Å². The summed E-state index contributed by atoms with van der Waals surface area (Å²) in [6.45, 7) is 3.82. The lowest BCUT2D eigenvalue weighted by Crippen LogP contribution is -2.36. The van der Waals surface area contributed by atoms with Crippen LogP contribution in [0.15, 0.2) is 47.5 Å². The zero-order valence-electron chi connectivity index (χ0n) is 16.4. The number of carbonyl (C=O) groups excluding carboxylic acids is 2. The number of thiophene rings is 1. The second-order valence-corrected chi connectivity index (χ2v) is 8.63. The Morgan fingerprint density at radius 1 is 1.10 bits per heavy atom. The van der Waals surface area contributed by atoms with Gasteiger partial charge in [0.05, 0.1) is 17.4 Å². The molecule has 2 amide bonds. The SMILES string of the molecule is CC1=C(C)C[C@@H](C(=O)Nc2sc(Cc3ccccc3)cc2C(N)=O)[C@@H](C(=O)O)C1. The first kappa shape index (κ1) is 20.8. The van der Waals surface area contributed by atoms with Crippen molar-refractivity contribution < 1.29 is 19.5 Å². The van der Waals surface area contributed by atoms with Crippen molar-refractivity contribution in [3.63, 3.8) is 0 Å². The smallest absolute Gasteiger partial charge is 0.307 e. The van der Waals surface area contributed by atoms with Gasteiger partial charge in [0.2, 0.25) is 5.91 Å². The van der Waals surface area contributed by atoms with Gasteiger partial charge in [-0.15, -0.1) is 11.3 Å². The molecule has 0 spiro atoms. The third-order valence-electron chi connectivity index (χ3n) is 5.43. The summed E-state index contributed by atoms with van der Waals surface area (Å²) in [6.07, 6.45) is 1.36. The van der Waals surface area contributed by atoms with Crippen LogP contribution in [0.3, 0.4) is 0 Å². The highest BCUT2D eigenvalue weighted by Gasteiger charge is 2.37. The number of benzene rings is 1. The Morgan fingerprint density at radius 3 is 2.31 bits per heavy atom. The summed E-state index contributed by atoms with van der Waals surface area (Å²) in [7, 11) is 0. The van der Waals surface area contributed by atoms with E-state index >= 15 is 0 Å². The van der Waals surface area contributed by atoms with E-state index in [1.807, 2.05) is 44.2 Å². The number of anilines is 1. The highest BCUT2D eigenvalue weighted by molar-refractivity contribution is 7.16. The molecular weight excluding hydrogens is 388 g/mol. The monoisotopic (exact) mass is 412 g/mol. The Bertz CT molecular complexity index is 978. The zero-order chi connectivity index (χ0) is 21.1. The van der Waals surface area contributed by atoms with Crippen LogP contribution in [-0.4, -0.2) is 22.9 Å². The van der Waals surface area contributed by atoms with E-state index < -0.39 is 23.7 Å². The Kier molecular flexibility index (Phi) is 6.17. The third-order valence-corrected chi connectivity index (χ3v) is 6.48. The predicted octanol–water partition coefficient (Wildman–Crippen LogP) is 3.82. The minimum atomic E-state index is -0.983. The number of carboxylic acid groups (broad SMARTS) is 1. The van der Waals surface area contributed by atoms with E-state index in [4.69, 9.17) is 5.73 Å². The lowest BCUT2D eigenvalue weighted by atomic mass is 9.76. The summed E-state index contributed by atoms with van der Waals surface area (Å²) in [4.78, 5) is 37.4. The lowest BCUT2D eigenvalue weighted by molar-refractivity contribution is -0.146. The molecule has 1 aliphatic carbocycles. The number of carbonyl (C=O) groups is 3. The Morgan fingerprint density at radius 2 is 1.72 bits per heavy atom. The van der Waals surface area contributed by atoms with E-state index in [2.05, 4.69) is 5.32 Å². The average Bonchev–Trinajstić information content (AvgIpc) is 3.06. The maximum absolute atomic E-state index is 12.9. The van der Waals surface area contributed by atoms with Gasteiger partial charge < -0.3 is 16.2 Å². The fourth-order valence-corrected chi connectivity index (χ4v) is 4.73. The van der Waals surface area contributed by atoms with Crippen LogP contribution in [-0.2, 0) is 16.0 Å². The van der Waals surface area contributed by atoms with Gasteiger partial charge in [0.1, 0.15) is 5.00 Å². The lowest BCUT2D eigenvalue weighted by Gasteiger charge is -2.29. The fourth-order valence-electron chi connectivity index (χ4n) is 3.63. The number of hydrogen-bond donors (Lipinski definition) is 3. The molecule has 3 rings (SSSR count). The molecule has 1 aliphatic rings. The summed E-state index contributed by atoms with van der Waals surface area (Å²) in [5.41, 5.74) is 8.89. The molecule has 2 aromatic rings. The average molecular weight is 413 g/mol. The molecule has 0 saturated carbocycles. The second-order valence-electron chi connectivity index (χ2n) is 7.49. The molecule has 0 saturated heterocycles. The molecule has 0 aliphatic heterocycles. The molecule has 1 heterocycles. The van der Waals surface area contributed by atoms with Gasteiger partial charge in [-0.05, 0) is 38.3 Å². The Hall–Kier alpha value is -2.93. The molecule has 4 N–H and O–H groups in total. The first-order chi connectivity index (χ1) is 13.8. The number of primary amides is 1. The van der Waals surface area contributed by atoms with E-state index in [0.717, 1.165) is 21.6 Å². The van der Waals surface area contributed by atoms with Crippen LogP contribution in [0, 0.1) is 11.8 Å². The quantitative estimate of drug-likeness (QED) is 0.627. The van der Waals surface area contributed by atoms with Crippen molar-refractivity contribution >= 4 is 34.1 Å². The van der Waals surface area contributed by atoms with Crippen molar-refractivity contribution in [2.45, 2.75) is 33.1 Å². The topological polar surface area (TPSA) is 109 Å². The minimum Gasteiger partial charge on any atom is -0.481 e. The van der Waals surface area contributed by atoms with Crippen molar-refractivity contribution in [1.29, 1.82) is 0 Å². The maximum Gasteiger partial charge on any atom is 0.307 e. The summed E-state index contributed by atoms with van der Waals surface area (Å²) in [5.74, 6) is -3.46. The molecule has 152 valence electrons. The maximum atomic E-state index is 12.9. The van der Waals surface area contributed by atoms with E-state index in [9.17, 15) is 19.5 Å². The van der Waals surface area contributed by atoms with Gasteiger partial charge in [0.15, 0.2) is 0 Å². The van der Waals surface area contributed by atoms with Crippen LogP contribution in [0.4, 0.5) is 5.00 Å². The molecule has 2 atom stereocenters. The molecule has 0 bridgehead atoms. The van der Waals surface area contributed by atoms with Gasteiger partial charge in [-0.1, -0.05) is 41.5 Å². The van der Waals surface area contributed by atoms with Crippen LogP contribution in [0.1, 0.15) is 47.5 Å². The van der Waals surface area contributed by atoms with E-state index in [1.54, 1.807) is 6.07 Å². The molecular formula is C22H24N2O4S. The van der Waals surface area contributed by atoms with Gasteiger partial charge in [-0.3, -0.25) is 14.4 Å². The van der Waals surface area contributed by atoms with E-state index in [0.29, 0.717) is 24.3 Å². The summed E-state index contributed by atoms with van der Waals surface area (Å²) in [6, 6.07) is 11.5. The van der Waals surface area contributed by atoms with Crippen LogP contribution < -0.4 is 11.1 Å². The van der Waals surface area contributed by atoms with Crippen LogP contribution >= 0.6 is 11.3 Å². The number of carboxylic acids is 1. The first-order valence-corrected chi connectivity index (χ1v) is 10.2. The normalized spacial score (nSPS) is 19.1. The van der Waals surface area contributed by atoms with Crippen molar-refractivity contribution in [2.24, 2.45) is 17.6 Å². The highest BCUT2D eigenvalue weighted by atomic mass is 32.1. The van der Waals surface area contributed by atoms with Crippen LogP contribution in [0.5, 0.6) is 0 Å². The molecule has 0 unspecified atom stereocenters. The van der Waals surface area contributed by atoms with E-state index in [-0.39, 0.29) is 11.5 Å². The number of nitrogens with two attached hydrogens (primary N) is 1. The van der Waals surface area contributed by atoms with Crippen LogP contribution in [0.2, 0.25) is 0 Å². The highest BCUT2D eigenvalue weighted by Crippen LogP contribution is 2.36. The Balaban J connectivity index is 1.83. The summed E-state index contributed by atoms with van der Waals surface area (Å²) in [5, 5.41) is 12.7. The van der Waals surface area contributed by atoms with Crippen molar-refractivity contribution in [1.82, 2.24) is 0 Å². The molecule has 29 heavy (non-hydrogen) atoms.